The van der Waals surface area contributed by atoms with Crippen molar-refractivity contribution in [1.29, 1.82) is 0 Å². The van der Waals surface area contributed by atoms with E-state index in [4.69, 9.17) is 0 Å². The molecule has 1 unspecified atom stereocenters. The highest BCUT2D eigenvalue weighted by Gasteiger charge is 2.34. The number of nitro groups is 1. The molecular weight excluding hydrogens is 342 g/mol. The third kappa shape index (κ3) is 2.44. The molecule has 0 aromatic heterocycles. The molecule has 4 heteroatoms. The molecule has 3 aromatic rings. The van der Waals surface area contributed by atoms with Gasteiger partial charge in [0, 0.05) is 15.9 Å². The molecule has 0 amide bonds. The van der Waals surface area contributed by atoms with Crippen LogP contribution in [0.1, 0.15) is 13.3 Å². The summed E-state index contributed by atoms with van der Waals surface area (Å²) >= 11 is 0. The Morgan fingerprint density at radius 3 is 2.27 bits per heavy atom. The summed E-state index contributed by atoms with van der Waals surface area (Å²) in [6.45, 7) is 2.24. The van der Waals surface area contributed by atoms with E-state index in [1.165, 1.54) is 26.7 Å². The first-order valence-corrected chi connectivity index (χ1v) is 11.0. The normalized spacial score (nSPS) is 20.1. The van der Waals surface area contributed by atoms with Crippen LogP contribution in [0.15, 0.2) is 76.5 Å². The van der Waals surface area contributed by atoms with E-state index >= 15 is 0 Å². The summed E-state index contributed by atoms with van der Waals surface area (Å²) in [5, 5.41) is 11.4. The molecule has 132 valence electrons. The maximum absolute atomic E-state index is 11.4. The van der Waals surface area contributed by atoms with Gasteiger partial charge in [0.1, 0.15) is 0 Å². The fraction of sp³-hybridized carbons (Fsp3) is 0.182. The van der Waals surface area contributed by atoms with Crippen molar-refractivity contribution >= 4 is 15.7 Å². The third-order valence-corrected chi connectivity index (χ3v) is 9.03. The molecule has 0 N–H and O–H groups in total. The summed E-state index contributed by atoms with van der Waals surface area (Å²) in [4.78, 5) is 14.0. The average Bonchev–Trinajstić information content (AvgIpc) is 2.91. The van der Waals surface area contributed by atoms with Gasteiger partial charge in [0.2, 0.25) is 0 Å². The second-order valence-electron chi connectivity index (χ2n) is 6.77. The van der Waals surface area contributed by atoms with Gasteiger partial charge in [0.15, 0.2) is 0 Å². The highest BCUT2D eigenvalue weighted by Crippen LogP contribution is 2.69. The molecular formula is C22H21NO2S. The molecule has 1 atom stereocenters. The zero-order valence-electron chi connectivity index (χ0n) is 14.9. The van der Waals surface area contributed by atoms with E-state index in [1.807, 2.05) is 18.2 Å². The van der Waals surface area contributed by atoms with E-state index < -0.39 is 10.0 Å². The number of benzene rings is 3. The Morgan fingerprint density at radius 1 is 0.885 bits per heavy atom. The van der Waals surface area contributed by atoms with Crippen molar-refractivity contribution in [2.75, 3.05) is 12.0 Å². The topological polar surface area (TPSA) is 43.1 Å². The van der Waals surface area contributed by atoms with Crippen molar-refractivity contribution in [2.45, 2.75) is 23.1 Å². The van der Waals surface area contributed by atoms with E-state index in [1.54, 1.807) is 12.1 Å². The number of para-hydroxylation sites is 1. The monoisotopic (exact) mass is 363 g/mol. The number of nitrogens with zero attached hydrogens (tertiary/aromatic N) is 1. The second kappa shape index (κ2) is 6.29. The molecule has 3 aromatic carbocycles. The molecule has 3 nitrogen and oxygen atoms in total. The van der Waals surface area contributed by atoms with Crippen molar-refractivity contribution in [1.82, 2.24) is 0 Å². The van der Waals surface area contributed by atoms with Crippen LogP contribution in [0.2, 0.25) is 0 Å². The van der Waals surface area contributed by atoms with Crippen molar-refractivity contribution < 1.29 is 4.92 Å². The molecule has 0 saturated heterocycles. The maximum atomic E-state index is 11.4. The van der Waals surface area contributed by atoms with Crippen LogP contribution in [0.5, 0.6) is 0 Å². The van der Waals surface area contributed by atoms with Crippen LogP contribution in [-0.4, -0.2) is 16.9 Å². The Kier molecular flexibility index (Phi) is 4.08. The standard InChI is InChI=1S/C22H21NO2S/c1-3-14-26(2)21-11-7-5-9-18(21)19-15-16(12-13-22(19)26)17-8-4-6-10-20(17)23(24)25/h4-13,15H,3,14H2,1-2H3. The smallest absolute Gasteiger partial charge is 0.258 e. The maximum Gasteiger partial charge on any atom is 0.277 e. The molecule has 0 radical (unpaired) electrons. The van der Waals surface area contributed by atoms with Gasteiger partial charge in [-0.3, -0.25) is 10.1 Å². The molecule has 4 rings (SSSR count). The van der Waals surface area contributed by atoms with Gasteiger partial charge >= 0.3 is 0 Å². The summed E-state index contributed by atoms with van der Waals surface area (Å²) in [6, 6.07) is 22.0. The Bertz CT molecular complexity index is 1010. The van der Waals surface area contributed by atoms with E-state index in [0.717, 1.165) is 12.0 Å². The van der Waals surface area contributed by atoms with E-state index in [0.29, 0.717) is 5.56 Å². The van der Waals surface area contributed by atoms with E-state index in [2.05, 4.69) is 49.6 Å². The lowest BCUT2D eigenvalue weighted by atomic mass is 9.98. The van der Waals surface area contributed by atoms with Crippen LogP contribution < -0.4 is 0 Å². The first-order chi connectivity index (χ1) is 12.6. The predicted octanol–water partition coefficient (Wildman–Crippen LogP) is 6.50. The highest BCUT2D eigenvalue weighted by atomic mass is 32.3. The lowest BCUT2D eigenvalue weighted by Crippen LogP contribution is -2.01. The van der Waals surface area contributed by atoms with Crippen molar-refractivity contribution in [3.8, 4) is 22.3 Å². The van der Waals surface area contributed by atoms with Crippen LogP contribution in [0, 0.1) is 10.1 Å². The highest BCUT2D eigenvalue weighted by molar-refractivity contribution is 8.33. The summed E-state index contributed by atoms with van der Waals surface area (Å²) < 4.78 is 0. The minimum absolute atomic E-state index is 0.155. The van der Waals surface area contributed by atoms with Crippen LogP contribution >= 0.6 is 10.0 Å². The van der Waals surface area contributed by atoms with E-state index in [-0.39, 0.29) is 10.6 Å². The summed E-state index contributed by atoms with van der Waals surface area (Å²) in [5.74, 6) is 1.17. The Balaban J connectivity index is 1.94. The molecule has 26 heavy (non-hydrogen) atoms. The van der Waals surface area contributed by atoms with E-state index in [9.17, 15) is 10.1 Å². The summed E-state index contributed by atoms with van der Waals surface area (Å²) in [6.07, 6.45) is 3.54. The first-order valence-electron chi connectivity index (χ1n) is 8.79. The Labute approximate surface area is 155 Å². The fourth-order valence-electron chi connectivity index (χ4n) is 4.01. The van der Waals surface area contributed by atoms with Crippen LogP contribution in [0.3, 0.4) is 0 Å². The minimum atomic E-state index is -1.03. The second-order valence-corrected chi connectivity index (χ2v) is 10.2. The quantitative estimate of drug-likeness (QED) is 0.392. The summed E-state index contributed by atoms with van der Waals surface area (Å²) in [5.41, 5.74) is 4.27. The Morgan fingerprint density at radius 2 is 1.54 bits per heavy atom. The van der Waals surface area contributed by atoms with Crippen molar-refractivity contribution in [3.63, 3.8) is 0 Å². The molecule has 0 saturated carbocycles. The number of nitro benzene ring substituents is 1. The van der Waals surface area contributed by atoms with Gasteiger partial charge in [0.05, 0.1) is 10.5 Å². The van der Waals surface area contributed by atoms with Gasteiger partial charge in [-0.2, -0.15) is 10.0 Å². The minimum Gasteiger partial charge on any atom is -0.258 e. The van der Waals surface area contributed by atoms with Gasteiger partial charge in [-0.25, -0.2) is 0 Å². The zero-order chi connectivity index (χ0) is 18.3. The van der Waals surface area contributed by atoms with Crippen molar-refractivity contribution in [2.24, 2.45) is 0 Å². The number of hydrogen-bond acceptors (Lipinski definition) is 2. The van der Waals surface area contributed by atoms with Crippen LogP contribution in [0.25, 0.3) is 22.3 Å². The van der Waals surface area contributed by atoms with Gasteiger partial charge < -0.3 is 0 Å². The van der Waals surface area contributed by atoms with Gasteiger partial charge in [-0.1, -0.05) is 43.3 Å². The molecule has 1 heterocycles. The number of fused-ring (bicyclic) bond motifs is 3. The molecule has 1 aliphatic rings. The molecule has 0 fully saturated rings. The fourth-order valence-corrected chi connectivity index (χ4v) is 7.56. The van der Waals surface area contributed by atoms with Crippen molar-refractivity contribution in [3.05, 3.63) is 76.8 Å². The van der Waals surface area contributed by atoms with Gasteiger partial charge in [-0.15, -0.1) is 0 Å². The van der Waals surface area contributed by atoms with Gasteiger partial charge in [-0.05, 0) is 59.4 Å². The Hall–Kier alpha value is -2.59. The SMILES string of the molecule is CCCS1(C)c2ccccc2-c2cc(-c3ccccc3[N+](=O)[O-])ccc21. The summed E-state index contributed by atoms with van der Waals surface area (Å²) in [7, 11) is -1.03. The lowest BCUT2D eigenvalue weighted by Gasteiger charge is -2.33. The zero-order valence-corrected chi connectivity index (χ0v) is 15.8. The molecule has 0 spiro atoms. The molecule has 1 aliphatic heterocycles. The number of rotatable bonds is 4. The molecule has 0 aliphatic carbocycles. The van der Waals surface area contributed by atoms with Crippen LogP contribution in [0.4, 0.5) is 5.69 Å². The predicted molar refractivity (Wildman–Crippen MR) is 109 cm³/mol. The molecule has 0 bridgehead atoms. The average molecular weight is 363 g/mol. The van der Waals surface area contributed by atoms with Crippen LogP contribution in [-0.2, 0) is 0 Å². The largest absolute Gasteiger partial charge is 0.277 e. The number of hydrogen-bond donors (Lipinski definition) is 0. The lowest BCUT2D eigenvalue weighted by molar-refractivity contribution is -0.384. The van der Waals surface area contributed by atoms with Gasteiger partial charge in [0.25, 0.3) is 5.69 Å². The third-order valence-electron chi connectivity index (χ3n) is 5.15. The first kappa shape index (κ1) is 16.9.